The number of nitrogens with one attached hydrogen (secondary N) is 1. The van der Waals surface area contributed by atoms with Crippen LogP contribution in [-0.2, 0) is 9.53 Å². The summed E-state index contributed by atoms with van der Waals surface area (Å²) in [4.78, 5) is 39.9. The molecular weight excluding hydrogens is 390 g/mol. The Morgan fingerprint density at radius 2 is 1.90 bits per heavy atom. The number of nitrogens with zero attached hydrogens (tertiary/aromatic N) is 2. The number of carbonyl (C=O) groups is 2. The Hall–Kier alpha value is -2.84. The lowest BCUT2D eigenvalue weighted by molar-refractivity contribution is -0.384. The van der Waals surface area contributed by atoms with Gasteiger partial charge in [-0.05, 0) is 37.8 Å². The maximum Gasteiger partial charge on any atom is 0.407 e. The average molecular weight is 419 g/mol. The molecule has 9 heteroatoms. The molecule has 1 aromatic carbocycles. The molecule has 3 rings (SSSR count). The van der Waals surface area contributed by atoms with E-state index >= 15 is 0 Å². The van der Waals surface area contributed by atoms with E-state index in [1.54, 1.807) is 6.92 Å². The van der Waals surface area contributed by atoms with Gasteiger partial charge in [0.2, 0.25) is 0 Å². The second-order valence-corrected chi connectivity index (χ2v) is 8.00. The molecule has 164 valence electrons. The first kappa shape index (κ1) is 21.9. The molecule has 2 aliphatic rings. The predicted octanol–water partition coefficient (Wildman–Crippen LogP) is 3.96. The molecule has 1 saturated heterocycles. The molecule has 2 atom stereocenters. The first-order chi connectivity index (χ1) is 14.5. The summed E-state index contributed by atoms with van der Waals surface area (Å²) in [6.45, 7) is 2.08. The van der Waals surface area contributed by atoms with Crippen molar-refractivity contribution in [3.8, 4) is 5.75 Å². The van der Waals surface area contributed by atoms with Crippen molar-refractivity contribution in [2.75, 3.05) is 6.61 Å². The number of hydroxylamine groups is 2. The lowest BCUT2D eigenvalue weighted by Gasteiger charge is -2.43. The molecule has 0 bridgehead atoms. The lowest BCUT2D eigenvalue weighted by Crippen LogP contribution is -2.70. The first-order valence-electron chi connectivity index (χ1n) is 10.6. The molecule has 0 spiro atoms. The third-order valence-corrected chi connectivity index (χ3v) is 5.82. The highest BCUT2D eigenvalue weighted by atomic mass is 16.7. The van der Waals surface area contributed by atoms with Crippen LogP contribution in [0.4, 0.5) is 10.5 Å². The van der Waals surface area contributed by atoms with Crippen molar-refractivity contribution in [2.24, 2.45) is 5.92 Å². The van der Waals surface area contributed by atoms with E-state index in [1.807, 2.05) is 0 Å². The van der Waals surface area contributed by atoms with Crippen molar-refractivity contribution in [3.05, 3.63) is 34.4 Å². The highest BCUT2D eigenvalue weighted by Crippen LogP contribution is 2.28. The van der Waals surface area contributed by atoms with E-state index in [0.29, 0.717) is 12.4 Å². The molecule has 1 aliphatic heterocycles. The fourth-order valence-corrected chi connectivity index (χ4v) is 3.99. The molecule has 2 amide bonds. The van der Waals surface area contributed by atoms with Crippen molar-refractivity contribution in [1.82, 2.24) is 10.4 Å². The highest BCUT2D eigenvalue weighted by molar-refractivity contribution is 5.91. The summed E-state index contributed by atoms with van der Waals surface area (Å²) < 4.78 is 5.20. The monoisotopic (exact) mass is 419 g/mol. The minimum absolute atomic E-state index is 0.0636. The number of hydrogen-bond donors (Lipinski definition) is 1. The number of benzene rings is 1. The number of carbonyl (C=O) groups excluding carboxylic acids is 2. The van der Waals surface area contributed by atoms with Crippen molar-refractivity contribution in [1.29, 1.82) is 0 Å². The van der Waals surface area contributed by atoms with Gasteiger partial charge >= 0.3 is 6.09 Å². The number of nitro groups is 1. The Kier molecular flexibility index (Phi) is 7.48. The zero-order valence-electron chi connectivity index (χ0n) is 17.2. The van der Waals surface area contributed by atoms with Gasteiger partial charge in [0.25, 0.3) is 11.6 Å². The summed E-state index contributed by atoms with van der Waals surface area (Å²) in [6, 6.07) is 4.34. The number of alkyl carbamates (subject to hydrolysis) is 1. The quantitative estimate of drug-likeness (QED) is 0.281. The molecule has 0 aromatic heterocycles. The molecule has 1 saturated carbocycles. The number of nitro benzene ring substituents is 1. The van der Waals surface area contributed by atoms with E-state index in [2.05, 4.69) is 5.32 Å². The van der Waals surface area contributed by atoms with Crippen molar-refractivity contribution >= 4 is 17.7 Å². The number of ether oxygens (including phenoxy) is 1. The van der Waals surface area contributed by atoms with Crippen LogP contribution in [0.3, 0.4) is 0 Å². The van der Waals surface area contributed by atoms with Crippen LogP contribution in [0.2, 0.25) is 0 Å². The summed E-state index contributed by atoms with van der Waals surface area (Å²) in [5, 5.41) is 14.4. The number of β-lactam (4-membered cyclic amide) rings is 1. The van der Waals surface area contributed by atoms with E-state index in [9.17, 15) is 19.7 Å². The third kappa shape index (κ3) is 5.61. The SMILES string of the molecule is C[C@H]1[C@H](NC(=O)OCCCCC2CCCCC2)C(=O)N1Oc1ccc([N+](=O)[O-])cc1. The van der Waals surface area contributed by atoms with Crippen LogP contribution in [0.15, 0.2) is 24.3 Å². The Labute approximate surface area is 175 Å². The lowest BCUT2D eigenvalue weighted by atomic mass is 9.86. The first-order valence-corrected chi connectivity index (χ1v) is 10.6. The van der Waals surface area contributed by atoms with Gasteiger partial charge in [-0.25, -0.2) is 4.79 Å². The number of unbranched alkanes of at least 4 members (excludes halogenated alkanes) is 1. The van der Waals surface area contributed by atoms with Gasteiger partial charge in [-0.15, -0.1) is 0 Å². The van der Waals surface area contributed by atoms with Crippen molar-refractivity contribution in [3.63, 3.8) is 0 Å². The van der Waals surface area contributed by atoms with Gasteiger partial charge in [-0.3, -0.25) is 14.9 Å². The van der Waals surface area contributed by atoms with Crippen LogP contribution in [0, 0.1) is 16.0 Å². The molecule has 30 heavy (non-hydrogen) atoms. The molecule has 2 fully saturated rings. The minimum Gasteiger partial charge on any atom is -0.450 e. The number of amides is 2. The van der Waals surface area contributed by atoms with Gasteiger partial charge in [0.1, 0.15) is 6.04 Å². The fraction of sp³-hybridized carbons (Fsp3) is 0.619. The van der Waals surface area contributed by atoms with Gasteiger partial charge in [-0.2, -0.15) is 5.06 Å². The van der Waals surface area contributed by atoms with Crippen LogP contribution in [-0.4, -0.2) is 40.7 Å². The van der Waals surface area contributed by atoms with Crippen molar-refractivity contribution in [2.45, 2.75) is 70.4 Å². The summed E-state index contributed by atoms with van der Waals surface area (Å²) in [7, 11) is 0. The maximum atomic E-state index is 12.3. The van der Waals surface area contributed by atoms with Gasteiger partial charge < -0.3 is 14.9 Å². The molecule has 1 aliphatic carbocycles. The smallest absolute Gasteiger partial charge is 0.407 e. The summed E-state index contributed by atoms with van der Waals surface area (Å²) >= 11 is 0. The van der Waals surface area contributed by atoms with E-state index in [-0.39, 0.29) is 11.7 Å². The Balaban J connectivity index is 1.33. The Bertz CT molecular complexity index is 748. The van der Waals surface area contributed by atoms with Crippen molar-refractivity contribution < 1.29 is 24.1 Å². The number of hydrogen-bond acceptors (Lipinski definition) is 6. The zero-order chi connectivity index (χ0) is 21.5. The molecule has 0 unspecified atom stereocenters. The van der Waals surface area contributed by atoms with Crippen LogP contribution in [0.1, 0.15) is 58.3 Å². The normalized spacial score (nSPS) is 21.6. The topological polar surface area (TPSA) is 111 Å². The maximum absolute atomic E-state index is 12.3. The standard InChI is InChI=1S/C21H29N3O6/c1-15-19(20(25)23(15)30-18-12-10-17(11-13-18)24(27)28)22-21(26)29-14-6-5-9-16-7-3-2-4-8-16/h10-13,15-16,19H,2-9,14H2,1H3,(H,22,26)/t15-,19-/m0/s1. The summed E-state index contributed by atoms with van der Waals surface area (Å²) in [5.74, 6) is 0.734. The predicted molar refractivity (Wildman–Crippen MR) is 109 cm³/mol. The van der Waals surface area contributed by atoms with Gasteiger partial charge in [0.05, 0.1) is 17.6 Å². The number of non-ortho nitro benzene ring substituents is 1. The van der Waals surface area contributed by atoms with Gasteiger partial charge in [0, 0.05) is 12.1 Å². The van der Waals surface area contributed by atoms with E-state index in [0.717, 1.165) is 23.8 Å². The van der Waals surface area contributed by atoms with Crippen LogP contribution < -0.4 is 10.2 Å². The molecular formula is C21H29N3O6. The molecule has 1 aromatic rings. The second kappa shape index (κ2) is 10.3. The Morgan fingerprint density at radius 1 is 1.20 bits per heavy atom. The van der Waals surface area contributed by atoms with E-state index in [1.165, 1.54) is 62.8 Å². The van der Waals surface area contributed by atoms with Crippen LogP contribution >= 0.6 is 0 Å². The van der Waals surface area contributed by atoms with E-state index < -0.39 is 23.0 Å². The molecule has 9 nitrogen and oxygen atoms in total. The zero-order valence-corrected chi connectivity index (χ0v) is 17.2. The van der Waals surface area contributed by atoms with E-state index in [4.69, 9.17) is 9.57 Å². The largest absolute Gasteiger partial charge is 0.450 e. The summed E-state index contributed by atoms with van der Waals surface area (Å²) in [5.41, 5.74) is -0.0636. The molecule has 1 N–H and O–H groups in total. The Morgan fingerprint density at radius 3 is 2.53 bits per heavy atom. The van der Waals surface area contributed by atoms with Gasteiger partial charge in [0.15, 0.2) is 5.75 Å². The number of rotatable bonds is 9. The minimum atomic E-state index is -0.710. The van der Waals surface area contributed by atoms with Crippen LogP contribution in [0.25, 0.3) is 0 Å². The second-order valence-electron chi connectivity index (χ2n) is 8.00. The molecule has 1 heterocycles. The summed E-state index contributed by atoms with van der Waals surface area (Å²) in [6.07, 6.45) is 9.13. The van der Waals surface area contributed by atoms with Gasteiger partial charge in [-0.1, -0.05) is 38.5 Å². The third-order valence-electron chi connectivity index (χ3n) is 5.82. The molecule has 0 radical (unpaired) electrons. The van der Waals surface area contributed by atoms with Crippen LogP contribution in [0.5, 0.6) is 5.75 Å². The average Bonchev–Trinajstić information content (AvgIpc) is 2.76. The fourth-order valence-electron chi connectivity index (χ4n) is 3.99. The highest BCUT2D eigenvalue weighted by Gasteiger charge is 2.48.